The van der Waals surface area contributed by atoms with Crippen LogP contribution in [0.5, 0.6) is 0 Å². The van der Waals surface area contributed by atoms with Gasteiger partial charge >= 0.3 is 0 Å². The minimum Gasteiger partial charge on any atom is -0.285 e. The second-order valence-corrected chi connectivity index (χ2v) is 5.06. The minimum absolute atomic E-state index is 0.286. The quantitative estimate of drug-likeness (QED) is 0.601. The maximum absolute atomic E-state index is 10.9. The lowest BCUT2D eigenvalue weighted by Gasteiger charge is -2.12. The van der Waals surface area contributed by atoms with E-state index in [9.17, 15) is 8.42 Å². The van der Waals surface area contributed by atoms with E-state index in [1.165, 1.54) is 6.92 Å². The number of hydrogen-bond donors (Lipinski definition) is 1. The third-order valence-electron chi connectivity index (χ3n) is 2.36. The second kappa shape index (κ2) is 4.06. The summed E-state index contributed by atoms with van der Waals surface area (Å²) in [5.74, 6) is 0. The molecule has 5 heteroatoms. The first-order valence-electron chi connectivity index (χ1n) is 4.35. The molecule has 0 aromatic carbocycles. The Balaban J connectivity index is 2.92. The van der Waals surface area contributed by atoms with Crippen molar-refractivity contribution in [3.63, 3.8) is 0 Å². The standard InChI is InChI=1S/C9H13NO3S/c1-8(9(2)14(11,12)13)10-6-4-3-5-7-10/h3-9H,1-2H3/p+1. The Morgan fingerprint density at radius 3 is 2.07 bits per heavy atom. The molecule has 1 aromatic heterocycles. The highest BCUT2D eigenvalue weighted by Gasteiger charge is 2.30. The molecule has 0 saturated carbocycles. The van der Waals surface area contributed by atoms with Crippen LogP contribution in [0, 0.1) is 0 Å². The Morgan fingerprint density at radius 2 is 1.64 bits per heavy atom. The molecule has 0 aliphatic heterocycles. The van der Waals surface area contributed by atoms with Crippen molar-refractivity contribution in [1.29, 1.82) is 0 Å². The van der Waals surface area contributed by atoms with Crippen molar-refractivity contribution >= 4 is 10.1 Å². The maximum Gasteiger partial charge on any atom is 0.274 e. The van der Waals surface area contributed by atoms with Crippen LogP contribution in [0.15, 0.2) is 30.6 Å². The zero-order valence-corrected chi connectivity index (χ0v) is 8.98. The predicted octanol–water partition coefficient (Wildman–Crippen LogP) is 0.811. The average Bonchev–Trinajstić information content (AvgIpc) is 2.15. The third-order valence-corrected chi connectivity index (χ3v) is 3.69. The van der Waals surface area contributed by atoms with Crippen LogP contribution in [0.2, 0.25) is 0 Å². The van der Waals surface area contributed by atoms with Gasteiger partial charge < -0.3 is 0 Å². The van der Waals surface area contributed by atoms with Crippen LogP contribution in [-0.4, -0.2) is 18.2 Å². The number of aromatic nitrogens is 1. The summed E-state index contributed by atoms with van der Waals surface area (Å²) in [6.45, 7) is 3.23. The van der Waals surface area contributed by atoms with Gasteiger partial charge in [0.25, 0.3) is 10.1 Å². The van der Waals surface area contributed by atoms with Crippen molar-refractivity contribution in [3.05, 3.63) is 30.6 Å². The number of hydrogen-bond acceptors (Lipinski definition) is 2. The van der Waals surface area contributed by atoms with E-state index in [-0.39, 0.29) is 6.04 Å². The molecule has 0 bridgehead atoms. The molecule has 2 unspecified atom stereocenters. The lowest BCUT2D eigenvalue weighted by atomic mass is 10.2. The Hall–Kier alpha value is -0.940. The maximum atomic E-state index is 10.9. The molecule has 4 nitrogen and oxygen atoms in total. The van der Waals surface area contributed by atoms with Crippen LogP contribution in [0.3, 0.4) is 0 Å². The molecule has 0 aliphatic rings. The first kappa shape index (κ1) is 11.1. The van der Waals surface area contributed by atoms with Crippen LogP contribution in [0.1, 0.15) is 19.9 Å². The highest BCUT2D eigenvalue weighted by Crippen LogP contribution is 2.10. The molecule has 1 aromatic rings. The Labute approximate surface area is 83.9 Å². The van der Waals surface area contributed by atoms with Crippen LogP contribution in [-0.2, 0) is 10.1 Å². The zero-order chi connectivity index (χ0) is 10.8. The van der Waals surface area contributed by atoms with E-state index in [4.69, 9.17) is 4.55 Å². The first-order chi connectivity index (χ1) is 6.43. The summed E-state index contributed by atoms with van der Waals surface area (Å²) in [4.78, 5) is 0. The smallest absolute Gasteiger partial charge is 0.274 e. The highest BCUT2D eigenvalue weighted by molar-refractivity contribution is 7.86. The molecular formula is C9H14NO3S+. The van der Waals surface area contributed by atoms with Crippen molar-refractivity contribution in [1.82, 2.24) is 0 Å². The molecule has 0 aliphatic carbocycles. The van der Waals surface area contributed by atoms with Gasteiger partial charge in [-0.25, -0.2) is 4.57 Å². The van der Waals surface area contributed by atoms with Crippen molar-refractivity contribution in [2.75, 3.05) is 0 Å². The molecule has 0 saturated heterocycles. The van der Waals surface area contributed by atoms with Gasteiger partial charge in [-0.15, -0.1) is 0 Å². The molecule has 78 valence electrons. The fraction of sp³-hybridized carbons (Fsp3) is 0.444. The number of pyridine rings is 1. The van der Waals surface area contributed by atoms with E-state index in [0.717, 1.165) is 0 Å². The van der Waals surface area contributed by atoms with Crippen molar-refractivity contribution in [2.24, 2.45) is 0 Å². The van der Waals surface area contributed by atoms with E-state index >= 15 is 0 Å². The molecule has 14 heavy (non-hydrogen) atoms. The van der Waals surface area contributed by atoms with Crippen molar-refractivity contribution < 1.29 is 17.5 Å². The molecular weight excluding hydrogens is 202 g/mol. The van der Waals surface area contributed by atoms with Crippen LogP contribution >= 0.6 is 0 Å². The van der Waals surface area contributed by atoms with Crippen LogP contribution < -0.4 is 4.57 Å². The summed E-state index contributed by atoms with van der Waals surface area (Å²) in [7, 11) is -3.97. The molecule has 2 atom stereocenters. The van der Waals surface area contributed by atoms with E-state index in [0.29, 0.717) is 0 Å². The van der Waals surface area contributed by atoms with Gasteiger partial charge in [-0.2, -0.15) is 8.42 Å². The Morgan fingerprint density at radius 1 is 1.14 bits per heavy atom. The van der Waals surface area contributed by atoms with Crippen molar-refractivity contribution in [3.8, 4) is 0 Å². The third kappa shape index (κ3) is 2.52. The van der Waals surface area contributed by atoms with Gasteiger partial charge in [0.1, 0.15) is 5.25 Å². The summed E-state index contributed by atoms with van der Waals surface area (Å²) in [6, 6.07) is 5.19. The summed E-state index contributed by atoms with van der Waals surface area (Å²) in [5.41, 5.74) is 0. The number of nitrogens with zero attached hydrogens (tertiary/aromatic N) is 1. The van der Waals surface area contributed by atoms with Gasteiger partial charge in [0.2, 0.25) is 0 Å². The second-order valence-electron chi connectivity index (χ2n) is 3.28. The molecule has 0 spiro atoms. The molecule has 1 N–H and O–H groups in total. The molecule has 0 radical (unpaired) electrons. The topological polar surface area (TPSA) is 58.3 Å². The molecule has 0 fully saturated rings. The summed E-state index contributed by atoms with van der Waals surface area (Å²) < 4.78 is 32.4. The summed E-state index contributed by atoms with van der Waals surface area (Å²) in [5, 5.41) is -0.810. The van der Waals surface area contributed by atoms with Crippen LogP contribution in [0.25, 0.3) is 0 Å². The van der Waals surface area contributed by atoms with Gasteiger partial charge in [-0.3, -0.25) is 4.55 Å². The SMILES string of the molecule is CC(C(C)S(=O)(=O)O)[n+]1ccccc1. The molecule has 1 heterocycles. The van der Waals surface area contributed by atoms with Gasteiger partial charge in [-0.05, 0) is 13.8 Å². The Bertz CT molecular complexity index is 388. The number of rotatable bonds is 3. The van der Waals surface area contributed by atoms with E-state index < -0.39 is 15.4 Å². The molecule has 1 rings (SSSR count). The van der Waals surface area contributed by atoms with Gasteiger partial charge in [0.05, 0.1) is 0 Å². The zero-order valence-electron chi connectivity index (χ0n) is 8.16. The van der Waals surface area contributed by atoms with Gasteiger partial charge in [0, 0.05) is 12.1 Å². The first-order valence-corrected chi connectivity index (χ1v) is 5.85. The highest BCUT2D eigenvalue weighted by atomic mass is 32.2. The monoisotopic (exact) mass is 216 g/mol. The van der Waals surface area contributed by atoms with E-state index in [1.54, 1.807) is 23.9 Å². The molecule has 0 amide bonds. The van der Waals surface area contributed by atoms with Gasteiger partial charge in [-0.1, -0.05) is 6.07 Å². The predicted molar refractivity (Wildman–Crippen MR) is 52.4 cm³/mol. The normalized spacial score (nSPS) is 16.2. The lowest BCUT2D eigenvalue weighted by molar-refractivity contribution is -0.718. The van der Waals surface area contributed by atoms with E-state index in [2.05, 4.69) is 0 Å². The fourth-order valence-electron chi connectivity index (χ4n) is 1.17. The Kier molecular flexibility index (Phi) is 3.23. The largest absolute Gasteiger partial charge is 0.285 e. The summed E-state index contributed by atoms with van der Waals surface area (Å²) in [6.07, 6.45) is 3.54. The van der Waals surface area contributed by atoms with E-state index in [1.807, 2.05) is 18.2 Å². The summed E-state index contributed by atoms with van der Waals surface area (Å²) >= 11 is 0. The lowest BCUT2D eigenvalue weighted by Crippen LogP contribution is -2.45. The van der Waals surface area contributed by atoms with Gasteiger partial charge in [0.15, 0.2) is 18.4 Å². The minimum atomic E-state index is -3.97. The average molecular weight is 216 g/mol. The van der Waals surface area contributed by atoms with Crippen LogP contribution in [0.4, 0.5) is 0 Å². The van der Waals surface area contributed by atoms with Crippen molar-refractivity contribution in [2.45, 2.75) is 25.1 Å². The fourth-order valence-corrected chi connectivity index (χ4v) is 1.81.